The van der Waals surface area contributed by atoms with Crippen LogP contribution in [0.1, 0.15) is 32.6 Å². The molecule has 1 atom stereocenters. The summed E-state index contributed by atoms with van der Waals surface area (Å²) in [6, 6.07) is 24.8. The number of aromatic nitrogens is 2. The van der Waals surface area contributed by atoms with Crippen molar-refractivity contribution in [3.05, 3.63) is 114 Å². The second-order valence-electron chi connectivity index (χ2n) is 9.21. The Morgan fingerprint density at radius 2 is 1.73 bits per heavy atom. The van der Waals surface area contributed by atoms with E-state index in [1.165, 1.54) is 36.0 Å². The first-order valence-corrected chi connectivity index (χ1v) is 15.1. The smallest absolute Gasteiger partial charge is 0.264 e. The van der Waals surface area contributed by atoms with Crippen LogP contribution in [0, 0.1) is 6.92 Å². The van der Waals surface area contributed by atoms with Gasteiger partial charge in [0, 0.05) is 29.7 Å². The van der Waals surface area contributed by atoms with E-state index in [9.17, 15) is 18.0 Å². The van der Waals surface area contributed by atoms with Crippen molar-refractivity contribution in [1.82, 2.24) is 14.9 Å². The van der Waals surface area contributed by atoms with Gasteiger partial charge in [0.25, 0.3) is 15.9 Å². The van der Waals surface area contributed by atoms with E-state index in [1.54, 1.807) is 36.9 Å². The van der Waals surface area contributed by atoms with Gasteiger partial charge in [-0.1, -0.05) is 42.5 Å². The molecule has 4 aromatic rings. The lowest BCUT2D eigenvalue weighted by Crippen LogP contribution is -2.30. The fourth-order valence-electron chi connectivity index (χ4n) is 4.26. The molecule has 2 heterocycles. The Kier molecular flexibility index (Phi) is 8.13. The highest BCUT2D eigenvalue weighted by atomic mass is 32.2. The van der Waals surface area contributed by atoms with Crippen molar-refractivity contribution in [3.8, 4) is 0 Å². The number of aryl methyl sites for hydroxylation is 1. The van der Waals surface area contributed by atoms with Crippen LogP contribution in [0.2, 0.25) is 0 Å². The Labute approximate surface area is 237 Å². The molecule has 1 aliphatic rings. The van der Waals surface area contributed by atoms with Crippen LogP contribution in [0.3, 0.4) is 0 Å². The largest absolute Gasteiger partial charge is 0.326 e. The SMILES string of the molecule is Cc1ccnc(NS(=O)(=O)c2ccc(NC(=O)c3ccc([C@@H]4SCC(=O)N4CCc4ccccc4)cc3)cc2)n1. The van der Waals surface area contributed by atoms with Crippen LogP contribution in [-0.2, 0) is 21.2 Å². The molecule has 204 valence electrons. The fraction of sp³-hybridized carbons (Fsp3) is 0.172. The van der Waals surface area contributed by atoms with Crippen molar-refractivity contribution < 1.29 is 18.0 Å². The molecule has 40 heavy (non-hydrogen) atoms. The van der Waals surface area contributed by atoms with E-state index in [0.717, 1.165) is 12.0 Å². The average Bonchev–Trinajstić information content (AvgIpc) is 3.32. The standard InChI is InChI=1S/C29H27N5O4S2/c1-20-15-17-30-29(31-20)33-40(37,38)25-13-11-24(12-14-25)32-27(36)22-7-9-23(10-8-22)28-34(26(35)19-39-28)18-16-21-5-3-2-4-6-21/h2-15,17,28H,16,18-19H2,1H3,(H,32,36)(H,30,31,33)/t28-/m0/s1. The van der Waals surface area contributed by atoms with Gasteiger partial charge >= 0.3 is 0 Å². The zero-order valence-corrected chi connectivity index (χ0v) is 23.3. The summed E-state index contributed by atoms with van der Waals surface area (Å²) in [5, 5.41) is 2.69. The zero-order chi connectivity index (χ0) is 28.1. The number of amides is 2. The lowest BCUT2D eigenvalue weighted by Gasteiger charge is -2.24. The molecular formula is C29H27N5O4S2. The number of nitrogens with one attached hydrogen (secondary N) is 2. The second kappa shape index (κ2) is 11.9. The fourth-order valence-corrected chi connectivity index (χ4v) is 6.43. The number of thioether (sulfide) groups is 1. The minimum Gasteiger partial charge on any atom is -0.326 e. The molecule has 0 unspecified atom stereocenters. The van der Waals surface area contributed by atoms with Crippen LogP contribution in [0.15, 0.2) is 96.0 Å². The van der Waals surface area contributed by atoms with E-state index in [-0.39, 0.29) is 28.0 Å². The summed E-state index contributed by atoms with van der Waals surface area (Å²) >= 11 is 1.58. The summed E-state index contributed by atoms with van der Waals surface area (Å²) in [5.74, 6) is 0.200. The Balaban J connectivity index is 1.20. The minimum absolute atomic E-state index is 0.0134. The molecule has 5 rings (SSSR count). The van der Waals surface area contributed by atoms with Crippen LogP contribution in [0.4, 0.5) is 11.6 Å². The summed E-state index contributed by atoms with van der Waals surface area (Å²) in [7, 11) is -3.89. The molecule has 1 aliphatic heterocycles. The monoisotopic (exact) mass is 573 g/mol. The van der Waals surface area contributed by atoms with Gasteiger partial charge in [0.15, 0.2) is 0 Å². The van der Waals surface area contributed by atoms with Crippen LogP contribution in [0.5, 0.6) is 0 Å². The first-order valence-electron chi connectivity index (χ1n) is 12.6. The number of hydrogen-bond acceptors (Lipinski definition) is 7. The van der Waals surface area contributed by atoms with Crippen LogP contribution >= 0.6 is 11.8 Å². The Morgan fingerprint density at radius 3 is 2.42 bits per heavy atom. The molecule has 0 spiro atoms. The molecular weight excluding hydrogens is 546 g/mol. The van der Waals surface area contributed by atoms with Crippen LogP contribution < -0.4 is 10.0 Å². The van der Waals surface area contributed by atoms with Crippen molar-refractivity contribution in [1.29, 1.82) is 0 Å². The molecule has 1 saturated heterocycles. The number of hydrogen-bond donors (Lipinski definition) is 2. The predicted molar refractivity (Wildman–Crippen MR) is 155 cm³/mol. The van der Waals surface area contributed by atoms with Crippen molar-refractivity contribution in [2.24, 2.45) is 0 Å². The Bertz CT molecular complexity index is 1610. The van der Waals surface area contributed by atoms with Gasteiger partial charge in [-0.05, 0) is 66.9 Å². The average molecular weight is 574 g/mol. The van der Waals surface area contributed by atoms with Gasteiger partial charge < -0.3 is 10.2 Å². The van der Waals surface area contributed by atoms with Gasteiger partial charge in [-0.2, -0.15) is 0 Å². The van der Waals surface area contributed by atoms with E-state index in [0.29, 0.717) is 29.2 Å². The third-order valence-corrected chi connectivity index (χ3v) is 8.95. The molecule has 2 amide bonds. The first-order chi connectivity index (χ1) is 19.3. The summed E-state index contributed by atoms with van der Waals surface area (Å²) < 4.78 is 27.7. The van der Waals surface area contributed by atoms with E-state index >= 15 is 0 Å². The number of benzene rings is 3. The van der Waals surface area contributed by atoms with Crippen LogP contribution in [-0.4, -0.2) is 47.4 Å². The topological polar surface area (TPSA) is 121 Å². The Morgan fingerprint density at radius 1 is 1.00 bits per heavy atom. The number of nitrogens with zero attached hydrogens (tertiary/aromatic N) is 3. The maximum Gasteiger partial charge on any atom is 0.264 e. The highest BCUT2D eigenvalue weighted by Crippen LogP contribution is 2.38. The van der Waals surface area contributed by atoms with Gasteiger partial charge in [0.1, 0.15) is 5.37 Å². The van der Waals surface area contributed by atoms with E-state index < -0.39 is 10.0 Å². The summed E-state index contributed by atoms with van der Waals surface area (Å²) in [6.07, 6.45) is 2.25. The summed E-state index contributed by atoms with van der Waals surface area (Å²) in [4.78, 5) is 35.3. The number of anilines is 2. The third kappa shape index (κ3) is 6.49. The Hall–Kier alpha value is -4.22. The number of sulfonamides is 1. The van der Waals surface area contributed by atoms with Gasteiger partial charge in [-0.25, -0.2) is 23.1 Å². The summed E-state index contributed by atoms with van der Waals surface area (Å²) in [6.45, 7) is 2.36. The van der Waals surface area contributed by atoms with Gasteiger partial charge in [-0.3, -0.25) is 9.59 Å². The molecule has 0 bridgehead atoms. The molecule has 2 N–H and O–H groups in total. The molecule has 0 radical (unpaired) electrons. The highest BCUT2D eigenvalue weighted by molar-refractivity contribution is 8.00. The van der Waals surface area contributed by atoms with Crippen molar-refractivity contribution in [2.45, 2.75) is 23.6 Å². The zero-order valence-electron chi connectivity index (χ0n) is 21.7. The summed E-state index contributed by atoms with van der Waals surface area (Å²) in [5.41, 5.74) is 3.67. The molecule has 9 nitrogen and oxygen atoms in total. The maximum atomic E-state index is 12.8. The molecule has 11 heteroatoms. The predicted octanol–water partition coefficient (Wildman–Crippen LogP) is 4.65. The second-order valence-corrected chi connectivity index (χ2v) is 12.0. The normalized spacial score (nSPS) is 15.2. The van der Waals surface area contributed by atoms with Crippen molar-refractivity contribution in [3.63, 3.8) is 0 Å². The molecule has 1 fully saturated rings. The van der Waals surface area contributed by atoms with Crippen LogP contribution in [0.25, 0.3) is 0 Å². The van der Waals surface area contributed by atoms with E-state index in [4.69, 9.17) is 0 Å². The van der Waals surface area contributed by atoms with E-state index in [2.05, 4.69) is 32.1 Å². The van der Waals surface area contributed by atoms with Crippen molar-refractivity contribution in [2.75, 3.05) is 22.3 Å². The third-order valence-electron chi connectivity index (χ3n) is 6.35. The van der Waals surface area contributed by atoms with Gasteiger partial charge in [0.05, 0.1) is 10.6 Å². The number of rotatable bonds is 9. The lowest BCUT2D eigenvalue weighted by molar-refractivity contribution is -0.128. The number of carbonyl (C=O) groups excluding carboxylic acids is 2. The van der Waals surface area contributed by atoms with Gasteiger partial charge in [-0.15, -0.1) is 11.8 Å². The molecule has 1 aromatic heterocycles. The molecule has 0 saturated carbocycles. The van der Waals surface area contributed by atoms with Crippen molar-refractivity contribution >= 4 is 45.2 Å². The lowest BCUT2D eigenvalue weighted by atomic mass is 10.1. The first kappa shape index (κ1) is 27.4. The van der Waals surface area contributed by atoms with Gasteiger partial charge in [0.2, 0.25) is 11.9 Å². The molecule has 3 aromatic carbocycles. The maximum absolute atomic E-state index is 12.8. The minimum atomic E-state index is -3.89. The quantitative estimate of drug-likeness (QED) is 0.299. The molecule has 0 aliphatic carbocycles. The number of carbonyl (C=O) groups is 2. The highest BCUT2D eigenvalue weighted by Gasteiger charge is 2.32. The van der Waals surface area contributed by atoms with E-state index in [1.807, 2.05) is 35.2 Å².